The highest BCUT2D eigenvalue weighted by molar-refractivity contribution is 7.90. The van der Waals surface area contributed by atoms with Gasteiger partial charge >= 0.3 is 6.18 Å². The van der Waals surface area contributed by atoms with Gasteiger partial charge in [-0.05, 0) is 18.2 Å². The van der Waals surface area contributed by atoms with Crippen molar-refractivity contribution >= 4 is 32.8 Å². The van der Waals surface area contributed by atoms with E-state index in [0.29, 0.717) is 15.4 Å². The van der Waals surface area contributed by atoms with E-state index in [4.69, 9.17) is 11.6 Å². The second kappa shape index (κ2) is 6.60. The van der Waals surface area contributed by atoms with E-state index >= 15 is 0 Å². The summed E-state index contributed by atoms with van der Waals surface area (Å²) < 4.78 is 61.1. The molecule has 0 aliphatic heterocycles. The Balaban J connectivity index is 2.00. The zero-order chi connectivity index (χ0) is 19.1. The second-order valence-corrected chi connectivity index (χ2v) is 8.48. The standard InChI is InChI=1S/C15H9ClF3N3O2S2/c1-26(23,24)14-20-7-6-10(21-14)11-12(16)22-13(25-11)8-2-4-9(5-3-8)15(17,18)19/h2-7H,1H3. The van der Waals surface area contributed by atoms with Crippen LogP contribution in [0.3, 0.4) is 0 Å². The Hall–Kier alpha value is -2.04. The van der Waals surface area contributed by atoms with Crippen LogP contribution in [0.15, 0.2) is 41.7 Å². The van der Waals surface area contributed by atoms with Crippen molar-refractivity contribution in [1.82, 2.24) is 15.0 Å². The molecule has 3 aromatic rings. The van der Waals surface area contributed by atoms with E-state index in [1.54, 1.807) is 0 Å². The number of rotatable bonds is 3. The van der Waals surface area contributed by atoms with E-state index in [1.807, 2.05) is 0 Å². The van der Waals surface area contributed by atoms with Crippen molar-refractivity contribution in [3.8, 4) is 21.1 Å². The van der Waals surface area contributed by atoms with E-state index in [2.05, 4.69) is 15.0 Å². The van der Waals surface area contributed by atoms with Crippen LogP contribution in [-0.4, -0.2) is 29.6 Å². The molecule has 0 unspecified atom stereocenters. The van der Waals surface area contributed by atoms with Gasteiger partial charge in [0, 0.05) is 18.0 Å². The summed E-state index contributed by atoms with van der Waals surface area (Å²) in [5.74, 6) is 0. The minimum Gasteiger partial charge on any atom is -0.227 e. The number of hydrogen-bond acceptors (Lipinski definition) is 6. The molecule has 0 saturated heterocycles. The zero-order valence-corrected chi connectivity index (χ0v) is 15.3. The molecule has 136 valence electrons. The molecule has 5 nitrogen and oxygen atoms in total. The van der Waals surface area contributed by atoms with Gasteiger partial charge < -0.3 is 0 Å². The zero-order valence-electron chi connectivity index (χ0n) is 13.0. The Morgan fingerprint density at radius 1 is 1.08 bits per heavy atom. The highest BCUT2D eigenvalue weighted by atomic mass is 35.5. The molecule has 11 heteroatoms. The minimum absolute atomic E-state index is 0.0723. The number of nitrogens with zero attached hydrogens (tertiary/aromatic N) is 3. The van der Waals surface area contributed by atoms with Crippen molar-refractivity contribution in [1.29, 1.82) is 0 Å². The van der Waals surface area contributed by atoms with Crippen LogP contribution in [0.5, 0.6) is 0 Å². The number of halogens is 4. The van der Waals surface area contributed by atoms with Crippen LogP contribution in [0.4, 0.5) is 13.2 Å². The topological polar surface area (TPSA) is 72.8 Å². The fourth-order valence-corrected chi connectivity index (χ4v) is 3.83. The van der Waals surface area contributed by atoms with Crippen LogP contribution in [0.1, 0.15) is 5.56 Å². The number of aromatic nitrogens is 3. The molecule has 0 aliphatic carbocycles. The molecule has 2 heterocycles. The lowest BCUT2D eigenvalue weighted by Crippen LogP contribution is -2.03. The molecule has 2 aromatic heterocycles. The van der Waals surface area contributed by atoms with Gasteiger partial charge in [-0.15, -0.1) is 11.3 Å². The Morgan fingerprint density at radius 3 is 2.31 bits per heavy atom. The maximum atomic E-state index is 12.6. The highest BCUT2D eigenvalue weighted by Gasteiger charge is 2.30. The smallest absolute Gasteiger partial charge is 0.227 e. The Kier molecular flexibility index (Phi) is 4.76. The Morgan fingerprint density at radius 2 is 1.73 bits per heavy atom. The summed E-state index contributed by atoms with van der Waals surface area (Å²) in [6, 6.07) is 5.98. The van der Waals surface area contributed by atoms with Crippen LogP contribution in [0.25, 0.3) is 21.1 Å². The third-order valence-electron chi connectivity index (χ3n) is 3.24. The van der Waals surface area contributed by atoms with Gasteiger partial charge in [0.15, 0.2) is 0 Å². The molecule has 1 aromatic carbocycles. The fourth-order valence-electron chi connectivity index (χ4n) is 2.03. The Bertz CT molecular complexity index is 1060. The number of benzene rings is 1. The van der Waals surface area contributed by atoms with Gasteiger partial charge in [0.05, 0.1) is 16.1 Å². The molecule has 0 radical (unpaired) electrons. The first kappa shape index (κ1) is 18.7. The van der Waals surface area contributed by atoms with Crippen LogP contribution < -0.4 is 0 Å². The van der Waals surface area contributed by atoms with Gasteiger partial charge in [0.1, 0.15) is 10.2 Å². The molecule has 0 bridgehead atoms. The van der Waals surface area contributed by atoms with E-state index in [0.717, 1.165) is 29.7 Å². The summed E-state index contributed by atoms with van der Waals surface area (Å²) in [6.07, 6.45) is -2.16. The SMILES string of the molecule is CS(=O)(=O)c1nccc(-c2sc(-c3ccc(C(F)(F)F)cc3)nc2Cl)n1. The van der Waals surface area contributed by atoms with Crippen molar-refractivity contribution in [2.24, 2.45) is 0 Å². The average molecular weight is 420 g/mol. The lowest BCUT2D eigenvalue weighted by Gasteiger charge is -2.06. The molecular formula is C15H9ClF3N3O2S2. The molecule has 26 heavy (non-hydrogen) atoms. The Labute approximate surface area is 155 Å². The molecule has 0 amide bonds. The molecule has 0 atom stereocenters. The monoisotopic (exact) mass is 419 g/mol. The number of thiazole rings is 1. The summed E-state index contributed by atoms with van der Waals surface area (Å²) in [5, 5.41) is 0.108. The van der Waals surface area contributed by atoms with Gasteiger partial charge in [-0.3, -0.25) is 0 Å². The van der Waals surface area contributed by atoms with Gasteiger partial charge in [-0.2, -0.15) is 13.2 Å². The summed E-state index contributed by atoms with van der Waals surface area (Å²) in [5.41, 5.74) is -0.0487. The predicted molar refractivity (Wildman–Crippen MR) is 91.7 cm³/mol. The van der Waals surface area contributed by atoms with Crippen LogP contribution in [0.2, 0.25) is 5.15 Å². The number of sulfone groups is 1. The highest BCUT2D eigenvalue weighted by Crippen LogP contribution is 2.38. The second-order valence-electron chi connectivity index (χ2n) is 5.21. The maximum absolute atomic E-state index is 12.6. The molecule has 0 saturated carbocycles. The quantitative estimate of drug-likeness (QED) is 0.590. The van der Waals surface area contributed by atoms with Gasteiger partial charge in [-0.1, -0.05) is 23.7 Å². The summed E-state index contributed by atoms with van der Waals surface area (Å²) in [6.45, 7) is 0. The number of hydrogen-bond donors (Lipinski definition) is 0. The molecular weight excluding hydrogens is 411 g/mol. The first-order valence-corrected chi connectivity index (χ1v) is 10.0. The fraction of sp³-hybridized carbons (Fsp3) is 0.133. The normalized spacial score (nSPS) is 12.3. The average Bonchev–Trinajstić information content (AvgIpc) is 2.95. The van der Waals surface area contributed by atoms with Crippen LogP contribution >= 0.6 is 22.9 Å². The largest absolute Gasteiger partial charge is 0.416 e. The van der Waals surface area contributed by atoms with Crippen molar-refractivity contribution < 1.29 is 21.6 Å². The van der Waals surface area contributed by atoms with Crippen LogP contribution in [-0.2, 0) is 16.0 Å². The molecule has 0 aliphatic rings. The van der Waals surface area contributed by atoms with Gasteiger partial charge in [0.25, 0.3) is 0 Å². The molecule has 0 N–H and O–H groups in total. The third-order valence-corrected chi connectivity index (χ3v) is 5.62. The third kappa shape index (κ3) is 3.87. The molecule has 3 rings (SSSR count). The first-order chi connectivity index (χ1) is 12.1. The van der Waals surface area contributed by atoms with E-state index < -0.39 is 21.6 Å². The first-order valence-electron chi connectivity index (χ1n) is 6.93. The van der Waals surface area contributed by atoms with Crippen LogP contribution in [0, 0.1) is 0 Å². The van der Waals surface area contributed by atoms with Gasteiger partial charge in [0.2, 0.25) is 15.0 Å². The van der Waals surface area contributed by atoms with Gasteiger partial charge in [-0.25, -0.2) is 23.4 Å². The summed E-state index contributed by atoms with van der Waals surface area (Å²) >= 11 is 7.20. The van der Waals surface area contributed by atoms with E-state index in [1.165, 1.54) is 24.4 Å². The minimum atomic E-state index is -4.42. The van der Waals surface area contributed by atoms with E-state index in [9.17, 15) is 21.6 Å². The summed E-state index contributed by atoms with van der Waals surface area (Å²) in [7, 11) is -3.60. The summed E-state index contributed by atoms with van der Waals surface area (Å²) in [4.78, 5) is 12.2. The maximum Gasteiger partial charge on any atom is 0.416 e. The predicted octanol–water partition coefficient (Wildman–Crippen LogP) is 4.34. The lowest BCUT2D eigenvalue weighted by atomic mass is 10.1. The number of alkyl halides is 3. The molecule has 0 spiro atoms. The molecule has 0 fully saturated rings. The van der Waals surface area contributed by atoms with Crippen molar-refractivity contribution in [3.05, 3.63) is 47.2 Å². The van der Waals surface area contributed by atoms with Crippen molar-refractivity contribution in [2.45, 2.75) is 11.3 Å². The van der Waals surface area contributed by atoms with Crippen molar-refractivity contribution in [3.63, 3.8) is 0 Å². The van der Waals surface area contributed by atoms with Crippen molar-refractivity contribution in [2.75, 3.05) is 6.26 Å². The lowest BCUT2D eigenvalue weighted by molar-refractivity contribution is -0.137. The van der Waals surface area contributed by atoms with E-state index in [-0.39, 0.29) is 16.0 Å².